The zero-order valence-electron chi connectivity index (χ0n) is 17.2. The van der Waals surface area contributed by atoms with Gasteiger partial charge in [0, 0.05) is 41.2 Å². The van der Waals surface area contributed by atoms with Crippen molar-refractivity contribution in [2.45, 2.75) is 25.5 Å². The average molecular weight is 458 g/mol. The maximum Gasteiger partial charge on any atom is 0.236 e. The maximum absolute atomic E-state index is 12.4. The lowest BCUT2D eigenvalue weighted by molar-refractivity contribution is 0.600. The minimum absolute atomic E-state index is 0.124. The molecule has 2 aromatic carbocycles. The summed E-state index contributed by atoms with van der Waals surface area (Å²) < 4.78 is 27.5. The fraction of sp³-hybridized carbons (Fsp3) is 0.273. The number of rotatable bonds is 7. The summed E-state index contributed by atoms with van der Waals surface area (Å²) in [5, 5.41) is 3.78. The number of sulfonamides is 1. The topological polar surface area (TPSA) is 87.2 Å². The molecule has 1 aromatic heterocycles. The molecule has 3 aromatic rings. The standard InChI is InChI=1S/C22H24ClN5O2S/c1-16-14-21(28-12-2-3-13-28)26-22(24-16)25-19-8-10-20(11-9-19)27-31(29,30)15-17-4-6-18(23)7-5-17/h4-11,14,27H,2-3,12-13,15H2,1H3,(H,24,25,26). The molecule has 0 unspecified atom stereocenters. The number of hydrogen-bond acceptors (Lipinski definition) is 6. The highest BCUT2D eigenvalue weighted by molar-refractivity contribution is 7.91. The Morgan fingerprint density at radius 3 is 2.29 bits per heavy atom. The van der Waals surface area contributed by atoms with Gasteiger partial charge in [0.2, 0.25) is 16.0 Å². The number of nitrogens with zero attached hydrogens (tertiary/aromatic N) is 3. The van der Waals surface area contributed by atoms with Crippen LogP contribution in [0.4, 0.5) is 23.1 Å². The highest BCUT2D eigenvalue weighted by Gasteiger charge is 2.15. The molecule has 9 heteroatoms. The summed E-state index contributed by atoms with van der Waals surface area (Å²) in [5.74, 6) is 1.33. The molecular weight excluding hydrogens is 434 g/mol. The van der Waals surface area contributed by atoms with Crippen molar-refractivity contribution in [2.24, 2.45) is 0 Å². The van der Waals surface area contributed by atoms with Crippen LogP contribution in [0.2, 0.25) is 5.02 Å². The molecule has 162 valence electrons. The molecule has 0 saturated carbocycles. The highest BCUT2D eigenvalue weighted by Crippen LogP contribution is 2.23. The van der Waals surface area contributed by atoms with Crippen LogP contribution >= 0.6 is 11.6 Å². The third-order valence-corrected chi connectivity index (χ3v) is 6.47. The second-order valence-corrected chi connectivity index (χ2v) is 9.73. The number of hydrogen-bond donors (Lipinski definition) is 2. The molecule has 0 radical (unpaired) electrons. The van der Waals surface area contributed by atoms with Crippen LogP contribution in [0, 0.1) is 6.92 Å². The Labute approximate surface area is 187 Å². The van der Waals surface area contributed by atoms with Crippen molar-refractivity contribution in [3.05, 3.63) is 70.9 Å². The smallest absolute Gasteiger partial charge is 0.236 e. The maximum atomic E-state index is 12.4. The van der Waals surface area contributed by atoms with Crippen LogP contribution in [-0.4, -0.2) is 31.5 Å². The van der Waals surface area contributed by atoms with E-state index in [-0.39, 0.29) is 5.75 Å². The summed E-state index contributed by atoms with van der Waals surface area (Å²) in [6.07, 6.45) is 2.36. The Bertz CT molecular complexity index is 1150. The van der Waals surface area contributed by atoms with Gasteiger partial charge in [-0.1, -0.05) is 23.7 Å². The van der Waals surface area contributed by atoms with Crippen LogP contribution in [0.25, 0.3) is 0 Å². The number of halogens is 1. The summed E-state index contributed by atoms with van der Waals surface area (Å²) in [6, 6.07) is 15.8. The van der Waals surface area contributed by atoms with Gasteiger partial charge in [-0.3, -0.25) is 4.72 Å². The van der Waals surface area contributed by atoms with E-state index in [9.17, 15) is 8.42 Å². The summed E-state index contributed by atoms with van der Waals surface area (Å²) in [7, 11) is -3.54. The molecule has 7 nitrogen and oxygen atoms in total. The Balaban J connectivity index is 1.42. The second kappa shape index (κ2) is 9.11. The van der Waals surface area contributed by atoms with Gasteiger partial charge >= 0.3 is 0 Å². The number of aryl methyl sites for hydroxylation is 1. The predicted octanol–water partition coefficient (Wildman–Crippen LogP) is 4.72. The van der Waals surface area contributed by atoms with E-state index in [1.165, 1.54) is 12.8 Å². The fourth-order valence-electron chi connectivity index (χ4n) is 3.48. The minimum atomic E-state index is -3.54. The van der Waals surface area contributed by atoms with E-state index >= 15 is 0 Å². The Morgan fingerprint density at radius 2 is 1.61 bits per heavy atom. The second-order valence-electron chi connectivity index (χ2n) is 7.58. The van der Waals surface area contributed by atoms with Gasteiger partial charge in [-0.2, -0.15) is 4.98 Å². The van der Waals surface area contributed by atoms with Crippen molar-refractivity contribution >= 4 is 44.8 Å². The first-order valence-electron chi connectivity index (χ1n) is 10.1. The van der Waals surface area contributed by atoms with Crippen molar-refractivity contribution in [3.63, 3.8) is 0 Å². The van der Waals surface area contributed by atoms with Gasteiger partial charge < -0.3 is 10.2 Å². The van der Waals surface area contributed by atoms with E-state index in [0.717, 1.165) is 30.3 Å². The summed E-state index contributed by atoms with van der Waals surface area (Å²) in [4.78, 5) is 11.4. The fourth-order valence-corrected chi connectivity index (χ4v) is 4.81. The molecule has 2 heterocycles. The quantitative estimate of drug-likeness (QED) is 0.533. The zero-order chi connectivity index (χ0) is 21.8. The number of anilines is 4. The average Bonchev–Trinajstić information content (AvgIpc) is 3.25. The van der Waals surface area contributed by atoms with Crippen LogP contribution < -0.4 is 14.9 Å². The van der Waals surface area contributed by atoms with E-state index in [2.05, 4.69) is 24.9 Å². The third-order valence-electron chi connectivity index (χ3n) is 4.96. The van der Waals surface area contributed by atoms with Crippen LogP contribution in [0.3, 0.4) is 0 Å². The molecule has 1 saturated heterocycles. The monoisotopic (exact) mass is 457 g/mol. The molecule has 0 spiro atoms. The third kappa shape index (κ3) is 5.86. The molecule has 1 aliphatic heterocycles. The van der Waals surface area contributed by atoms with Crippen molar-refractivity contribution in [1.29, 1.82) is 0 Å². The van der Waals surface area contributed by atoms with Crippen molar-refractivity contribution < 1.29 is 8.42 Å². The largest absolute Gasteiger partial charge is 0.356 e. The van der Waals surface area contributed by atoms with Gasteiger partial charge in [0.05, 0.1) is 5.75 Å². The van der Waals surface area contributed by atoms with Crippen LogP contribution in [0.1, 0.15) is 24.1 Å². The minimum Gasteiger partial charge on any atom is -0.356 e. The first-order valence-corrected chi connectivity index (χ1v) is 12.1. The molecule has 1 fully saturated rings. The SMILES string of the molecule is Cc1cc(N2CCCC2)nc(Nc2ccc(NS(=O)(=O)Cc3ccc(Cl)cc3)cc2)n1. The Hall–Kier alpha value is -2.84. The van der Waals surface area contributed by atoms with Crippen molar-refractivity contribution in [1.82, 2.24) is 9.97 Å². The molecule has 1 aliphatic rings. The van der Waals surface area contributed by atoms with E-state index in [0.29, 0.717) is 22.2 Å². The molecule has 0 aliphatic carbocycles. The first-order chi connectivity index (χ1) is 14.9. The lowest BCUT2D eigenvalue weighted by atomic mass is 10.2. The van der Waals surface area contributed by atoms with Gasteiger partial charge in [0.25, 0.3) is 0 Å². The molecule has 0 bridgehead atoms. The lowest BCUT2D eigenvalue weighted by Gasteiger charge is -2.17. The Kier molecular flexibility index (Phi) is 6.29. The van der Waals surface area contributed by atoms with E-state index in [1.54, 1.807) is 48.5 Å². The molecule has 0 atom stereocenters. The van der Waals surface area contributed by atoms with E-state index < -0.39 is 10.0 Å². The highest BCUT2D eigenvalue weighted by atomic mass is 35.5. The van der Waals surface area contributed by atoms with Crippen molar-refractivity contribution in [2.75, 3.05) is 28.0 Å². The zero-order valence-corrected chi connectivity index (χ0v) is 18.7. The lowest BCUT2D eigenvalue weighted by Crippen LogP contribution is -2.19. The number of benzene rings is 2. The molecule has 0 amide bonds. The molecule has 2 N–H and O–H groups in total. The molecular formula is C22H24ClN5O2S. The normalized spacial score (nSPS) is 13.9. The van der Waals surface area contributed by atoms with Gasteiger partial charge in [-0.15, -0.1) is 0 Å². The molecule has 4 rings (SSSR count). The van der Waals surface area contributed by atoms with Crippen molar-refractivity contribution in [3.8, 4) is 0 Å². The van der Waals surface area contributed by atoms with Crippen LogP contribution in [0.5, 0.6) is 0 Å². The van der Waals surface area contributed by atoms with Crippen LogP contribution in [-0.2, 0) is 15.8 Å². The first kappa shape index (κ1) is 21.4. The predicted molar refractivity (Wildman–Crippen MR) is 126 cm³/mol. The van der Waals surface area contributed by atoms with E-state index in [4.69, 9.17) is 11.6 Å². The van der Waals surface area contributed by atoms with E-state index in [1.807, 2.05) is 13.0 Å². The number of nitrogens with one attached hydrogen (secondary N) is 2. The van der Waals surface area contributed by atoms with Gasteiger partial charge in [0.15, 0.2) is 0 Å². The van der Waals surface area contributed by atoms with Gasteiger partial charge in [-0.05, 0) is 61.7 Å². The van der Waals surface area contributed by atoms with Gasteiger partial charge in [0.1, 0.15) is 5.82 Å². The Morgan fingerprint density at radius 1 is 0.968 bits per heavy atom. The summed E-state index contributed by atoms with van der Waals surface area (Å²) >= 11 is 5.85. The summed E-state index contributed by atoms with van der Waals surface area (Å²) in [6.45, 7) is 3.98. The number of aromatic nitrogens is 2. The molecule has 31 heavy (non-hydrogen) atoms. The van der Waals surface area contributed by atoms with Gasteiger partial charge in [-0.25, -0.2) is 13.4 Å². The summed E-state index contributed by atoms with van der Waals surface area (Å²) in [5.41, 5.74) is 2.83. The van der Waals surface area contributed by atoms with Crippen LogP contribution in [0.15, 0.2) is 54.6 Å².